The Morgan fingerprint density at radius 1 is 1.12 bits per heavy atom. The summed E-state index contributed by atoms with van der Waals surface area (Å²) in [5.41, 5.74) is 1.30. The molecule has 3 fully saturated rings. The fourth-order valence-corrected chi connectivity index (χ4v) is 4.45. The molecule has 1 aromatic rings. The SMILES string of the molecule is CC(=O)N1CC[C@@]2(c3ccccc3)CCN(C(=O)NC3CC3)C[C@@H]12. The quantitative estimate of drug-likeness (QED) is 0.905. The van der Waals surface area contributed by atoms with E-state index in [0.717, 1.165) is 38.8 Å². The first-order chi connectivity index (χ1) is 11.6. The Hall–Kier alpha value is -2.04. The Morgan fingerprint density at radius 3 is 2.50 bits per heavy atom. The van der Waals surface area contributed by atoms with Gasteiger partial charge < -0.3 is 15.1 Å². The van der Waals surface area contributed by atoms with E-state index in [1.807, 2.05) is 15.9 Å². The molecule has 3 amide bonds. The third kappa shape index (κ3) is 2.56. The molecule has 0 spiro atoms. The summed E-state index contributed by atoms with van der Waals surface area (Å²) in [7, 11) is 0. The Labute approximate surface area is 143 Å². The van der Waals surface area contributed by atoms with Crippen LogP contribution in [0.5, 0.6) is 0 Å². The van der Waals surface area contributed by atoms with Gasteiger partial charge in [0.1, 0.15) is 0 Å². The van der Waals surface area contributed by atoms with Crippen molar-refractivity contribution in [3.63, 3.8) is 0 Å². The number of piperidine rings is 1. The number of rotatable bonds is 2. The van der Waals surface area contributed by atoms with E-state index in [4.69, 9.17) is 0 Å². The molecule has 1 aromatic carbocycles. The van der Waals surface area contributed by atoms with Crippen LogP contribution < -0.4 is 5.32 Å². The lowest BCUT2D eigenvalue weighted by Crippen LogP contribution is -2.59. The lowest BCUT2D eigenvalue weighted by Gasteiger charge is -2.46. The minimum atomic E-state index is -0.0106. The van der Waals surface area contributed by atoms with Gasteiger partial charge in [0.15, 0.2) is 0 Å². The molecule has 1 N–H and O–H groups in total. The minimum absolute atomic E-state index is 0.0106. The predicted octanol–water partition coefficient (Wildman–Crippen LogP) is 2.12. The number of urea groups is 1. The third-order valence-electron chi connectivity index (χ3n) is 5.98. The van der Waals surface area contributed by atoms with Gasteiger partial charge in [0, 0.05) is 38.0 Å². The van der Waals surface area contributed by atoms with Crippen LogP contribution in [0.3, 0.4) is 0 Å². The van der Waals surface area contributed by atoms with Crippen molar-refractivity contribution in [2.75, 3.05) is 19.6 Å². The van der Waals surface area contributed by atoms with Crippen LogP contribution >= 0.6 is 0 Å². The van der Waals surface area contributed by atoms with E-state index >= 15 is 0 Å². The van der Waals surface area contributed by atoms with Gasteiger partial charge in [-0.25, -0.2) is 4.79 Å². The second-order valence-corrected chi connectivity index (χ2v) is 7.42. The number of nitrogens with zero attached hydrogens (tertiary/aromatic N) is 2. The molecule has 2 saturated heterocycles. The van der Waals surface area contributed by atoms with Crippen molar-refractivity contribution >= 4 is 11.9 Å². The lowest BCUT2D eigenvalue weighted by molar-refractivity contribution is -0.130. The molecule has 2 aliphatic heterocycles. The molecule has 2 heterocycles. The van der Waals surface area contributed by atoms with Gasteiger partial charge >= 0.3 is 6.03 Å². The molecule has 5 nitrogen and oxygen atoms in total. The van der Waals surface area contributed by atoms with Gasteiger partial charge in [-0.15, -0.1) is 0 Å². The maximum atomic E-state index is 12.5. The van der Waals surface area contributed by atoms with Crippen LogP contribution in [0.1, 0.15) is 38.2 Å². The number of likely N-dealkylation sites (tertiary alicyclic amines) is 2. The first-order valence-corrected chi connectivity index (χ1v) is 8.98. The summed E-state index contributed by atoms with van der Waals surface area (Å²) in [5.74, 6) is 0.113. The number of amides is 3. The molecule has 0 aromatic heterocycles. The summed E-state index contributed by atoms with van der Waals surface area (Å²) >= 11 is 0. The summed E-state index contributed by atoms with van der Waals surface area (Å²) in [4.78, 5) is 28.5. The first-order valence-electron chi connectivity index (χ1n) is 8.98. The van der Waals surface area contributed by atoms with Crippen molar-refractivity contribution in [2.45, 2.75) is 50.1 Å². The van der Waals surface area contributed by atoms with Crippen molar-refractivity contribution in [3.8, 4) is 0 Å². The van der Waals surface area contributed by atoms with Crippen molar-refractivity contribution in [2.24, 2.45) is 0 Å². The second-order valence-electron chi connectivity index (χ2n) is 7.42. The predicted molar refractivity (Wildman–Crippen MR) is 91.7 cm³/mol. The highest BCUT2D eigenvalue weighted by Crippen LogP contribution is 2.45. The van der Waals surface area contributed by atoms with Gasteiger partial charge in [-0.1, -0.05) is 30.3 Å². The van der Waals surface area contributed by atoms with E-state index in [1.54, 1.807) is 6.92 Å². The number of nitrogens with one attached hydrogen (secondary N) is 1. The first kappa shape index (κ1) is 15.5. The normalized spacial score (nSPS) is 29.3. The van der Waals surface area contributed by atoms with Crippen LogP contribution in [0.25, 0.3) is 0 Å². The van der Waals surface area contributed by atoms with E-state index in [2.05, 4.69) is 29.6 Å². The fourth-order valence-electron chi connectivity index (χ4n) is 4.45. The summed E-state index contributed by atoms with van der Waals surface area (Å²) in [6.07, 6.45) is 4.09. The zero-order valence-corrected chi connectivity index (χ0v) is 14.2. The summed E-state index contributed by atoms with van der Waals surface area (Å²) in [6, 6.07) is 11.0. The van der Waals surface area contributed by atoms with Gasteiger partial charge in [-0.2, -0.15) is 0 Å². The van der Waals surface area contributed by atoms with Crippen LogP contribution in [0.4, 0.5) is 4.79 Å². The fraction of sp³-hybridized carbons (Fsp3) is 0.579. The van der Waals surface area contributed by atoms with Crippen molar-refractivity contribution in [3.05, 3.63) is 35.9 Å². The topological polar surface area (TPSA) is 52.7 Å². The van der Waals surface area contributed by atoms with Crippen molar-refractivity contribution < 1.29 is 9.59 Å². The van der Waals surface area contributed by atoms with E-state index in [-0.39, 0.29) is 23.4 Å². The molecule has 24 heavy (non-hydrogen) atoms. The highest BCUT2D eigenvalue weighted by Gasteiger charge is 2.52. The smallest absolute Gasteiger partial charge is 0.317 e. The van der Waals surface area contributed by atoms with Gasteiger partial charge in [0.2, 0.25) is 5.91 Å². The molecule has 4 rings (SSSR count). The molecule has 3 aliphatic rings. The van der Waals surface area contributed by atoms with Crippen LogP contribution in [-0.4, -0.2) is 53.5 Å². The zero-order chi connectivity index (χ0) is 16.7. The monoisotopic (exact) mass is 327 g/mol. The molecule has 128 valence electrons. The molecule has 0 radical (unpaired) electrons. The number of benzene rings is 1. The van der Waals surface area contributed by atoms with Crippen LogP contribution in [-0.2, 0) is 10.2 Å². The summed E-state index contributed by atoms with van der Waals surface area (Å²) in [6.45, 7) is 3.82. The van der Waals surface area contributed by atoms with Gasteiger partial charge in [-0.3, -0.25) is 4.79 Å². The lowest BCUT2D eigenvalue weighted by atomic mass is 9.69. The molecular formula is C19H25N3O2. The molecule has 0 unspecified atom stereocenters. The maximum Gasteiger partial charge on any atom is 0.317 e. The van der Waals surface area contributed by atoms with E-state index < -0.39 is 0 Å². The Morgan fingerprint density at radius 2 is 1.83 bits per heavy atom. The number of hydrogen-bond acceptors (Lipinski definition) is 2. The highest BCUT2D eigenvalue weighted by molar-refractivity contribution is 5.77. The van der Waals surface area contributed by atoms with E-state index in [1.165, 1.54) is 5.56 Å². The second kappa shape index (κ2) is 5.80. The zero-order valence-electron chi connectivity index (χ0n) is 14.2. The molecule has 1 saturated carbocycles. The van der Waals surface area contributed by atoms with Crippen LogP contribution in [0.2, 0.25) is 0 Å². The van der Waals surface area contributed by atoms with Crippen LogP contribution in [0.15, 0.2) is 30.3 Å². The molecular weight excluding hydrogens is 302 g/mol. The Bertz CT molecular complexity index is 643. The summed E-state index contributed by atoms with van der Waals surface area (Å²) in [5, 5.41) is 3.08. The number of hydrogen-bond donors (Lipinski definition) is 1. The van der Waals surface area contributed by atoms with E-state index in [0.29, 0.717) is 12.6 Å². The van der Waals surface area contributed by atoms with E-state index in [9.17, 15) is 9.59 Å². The molecule has 0 bridgehead atoms. The average molecular weight is 327 g/mol. The third-order valence-corrected chi connectivity index (χ3v) is 5.98. The molecule has 1 aliphatic carbocycles. The summed E-state index contributed by atoms with van der Waals surface area (Å²) < 4.78 is 0. The number of carbonyl (C=O) groups is 2. The standard InChI is InChI=1S/C19H25N3O2/c1-14(23)22-12-10-19(15-5-3-2-4-6-15)9-11-21(13-17(19)22)18(24)20-16-7-8-16/h2-6,16-17H,7-13H2,1H3,(H,20,24)/t17-,19-/m1/s1. The largest absolute Gasteiger partial charge is 0.337 e. The number of carbonyl (C=O) groups excluding carboxylic acids is 2. The van der Waals surface area contributed by atoms with Gasteiger partial charge in [0.05, 0.1) is 6.04 Å². The van der Waals surface area contributed by atoms with Crippen LogP contribution in [0, 0.1) is 0 Å². The minimum Gasteiger partial charge on any atom is -0.337 e. The van der Waals surface area contributed by atoms with Crippen molar-refractivity contribution in [1.29, 1.82) is 0 Å². The van der Waals surface area contributed by atoms with Crippen molar-refractivity contribution in [1.82, 2.24) is 15.1 Å². The average Bonchev–Trinajstić information content (AvgIpc) is 3.31. The highest BCUT2D eigenvalue weighted by atomic mass is 16.2. The Balaban J connectivity index is 1.60. The van der Waals surface area contributed by atoms with Gasteiger partial charge in [-0.05, 0) is 31.2 Å². The number of fused-ring (bicyclic) bond motifs is 1. The molecule has 2 atom stereocenters. The van der Waals surface area contributed by atoms with Gasteiger partial charge in [0.25, 0.3) is 0 Å². The maximum absolute atomic E-state index is 12.5. The Kier molecular flexibility index (Phi) is 3.74. The molecule has 5 heteroatoms.